The van der Waals surface area contributed by atoms with E-state index >= 15 is 0 Å². The lowest BCUT2D eigenvalue weighted by Gasteiger charge is -2.14. The highest BCUT2D eigenvalue weighted by Gasteiger charge is 2.46. The normalized spacial score (nSPS) is 27.8. The van der Waals surface area contributed by atoms with Crippen LogP contribution in [0, 0.1) is 37.5 Å². The number of ether oxygens (including phenoxy) is 6. The minimum atomic E-state index is -0.0819. The lowest BCUT2D eigenvalue weighted by Crippen LogP contribution is -2.02. The first-order chi connectivity index (χ1) is 28.1. The molecule has 0 spiro atoms. The Morgan fingerprint density at radius 3 is 1.53 bits per heavy atom. The van der Waals surface area contributed by atoms with Gasteiger partial charge in [0.2, 0.25) is 0 Å². The van der Waals surface area contributed by atoms with E-state index in [1.807, 2.05) is 30.3 Å². The maximum absolute atomic E-state index is 11.3. The van der Waals surface area contributed by atoms with Crippen molar-refractivity contribution in [2.24, 2.45) is 23.7 Å². The number of esters is 4. The summed E-state index contributed by atoms with van der Waals surface area (Å²) in [7, 11) is 3.31. The van der Waals surface area contributed by atoms with Gasteiger partial charge in [0.1, 0.15) is 35.9 Å². The summed E-state index contributed by atoms with van der Waals surface area (Å²) in [4.78, 5) is 44.7. The molecule has 0 aromatic heterocycles. The Morgan fingerprint density at radius 2 is 0.897 bits per heavy atom. The van der Waals surface area contributed by atoms with Gasteiger partial charge >= 0.3 is 23.9 Å². The quantitative estimate of drug-likeness (QED) is 0.146. The second-order valence-electron chi connectivity index (χ2n) is 16.7. The van der Waals surface area contributed by atoms with E-state index in [0.717, 1.165) is 48.3 Å². The third-order valence-corrected chi connectivity index (χ3v) is 13.2. The fraction of sp³-hybridized carbons (Fsp3) is 0.417. The first kappa shape index (κ1) is 37.9. The highest BCUT2D eigenvalue weighted by Crippen LogP contribution is 2.51. The fourth-order valence-electron chi connectivity index (χ4n) is 10.6. The molecule has 4 aromatic carbocycles. The van der Waals surface area contributed by atoms with E-state index in [-0.39, 0.29) is 48.3 Å². The van der Waals surface area contributed by atoms with Crippen molar-refractivity contribution in [3.63, 3.8) is 0 Å². The van der Waals surface area contributed by atoms with Gasteiger partial charge in [0.25, 0.3) is 0 Å². The minimum Gasteiger partial charge on any atom is -0.496 e. The fourth-order valence-corrected chi connectivity index (χ4v) is 10.6. The first-order valence-corrected chi connectivity index (χ1v) is 20.4. The number of hydrogen-bond donors (Lipinski definition) is 0. The Kier molecular flexibility index (Phi) is 9.98. The van der Waals surface area contributed by atoms with Crippen molar-refractivity contribution in [2.75, 3.05) is 14.2 Å². The van der Waals surface area contributed by atoms with Crippen LogP contribution < -0.4 is 9.47 Å². The number of carbonyl (C=O) groups is 4. The largest absolute Gasteiger partial charge is 0.496 e. The molecule has 0 bridgehead atoms. The van der Waals surface area contributed by atoms with Crippen LogP contribution in [0.1, 0.15) is 106 Å². The van der Waals surface area contributed by atoms with Gasteiger partial charge in [0.05, 0.1) is 39.9 Å². The molecule has 300 valence electrons. The molecule has 0 saturated carbocycles. The highest BCUT2D eigenvalue weighted by molar-refractivity contribution is 5.75. The average Bonchev–Trinajstić information content (AvgIpc) is 4.08. The molecule has 4 fully saturated rings. The summed E-state index contributed by atoms with van der Waals surface area (Å²) in [6.45, 7) is 4.19. The number of hydrogen-bond acceptors (Lipinski definition) is 10. The van der Waals surface area contributed by atoms with Crippen LogP contribution in [0.25, 0.3) is 0 Å². The Labute approximate surface area is 338 Å². The molecule has 0 N–H and O–H groups in total. The molecular weight excluding hydrogens is 737 g/mol. The number of methoxy groups -OCH3 is 2. The van der Waals surface area contributed by atoms with E-state index in [4.69, 9.17) is 28.4 Å². The lowest BCUT2D eigenvalue weighted by molar-refractivity contribution is -0.142. The van der Waals surface area contributed by atoms with Crippen LogP contribution in [-0.4, -0.2) is 38.1 Å². The zero-order chi connectivity index (χ0) is 40.2. The second kappa shape index (κ2) is 15.3. The Morgan fingerprint density at radius 1 is 0.431 bits per heavy atom. The second-order valence-corrected chi connectivity index (χ2v) is 16.7. The molecule has 4 aliphatic carbocycles. The Hall–Kier alpha value is -5.64. The highest BCUT2D eigenvalue weighted by atomic mass is 16.6. The van der Waals surface area contributed by atoms with Crippen molar-refractivity contribution in [1.82, 2.24) is 0 Å². The summed E-state index contributed by atoms with van der Waals surface area (Å²) >= 11 is 0. The predicted molar refractivity (Wildman–Crippen MR) is 211 cm³/mol. The monoisotopic (exact) mass is 784 g/mol. The molecule has 8 aliphatic rings. The standard InChI is InChI=1S/C13H14O3.C12H12O3.C12H12O2.C11H10O2/c1-7-3-4-10(15-2)12-9(7)5-8-6-11(14)16-13(8)12;1-14-9-4-2-3-7-5-8-6-10(13)15-12(8)11(7)9;1-7-3-2-4-8-5-9-6-10(13)14-12(9)11(7)8;12-10-6-8-5-7-3-1-2-4-9(7)11(8)13-10/h3-4,8,13H,5-6H2,1-2H3;2-4,8,12H,5-6H2,1H3;2-4,9,12H,5-6H2,1H3;1-4,8,11H,5-6H2. The van der Waals surface area contributed by atoms with Crippen molar-refractivity contribution >= 4 is 23.9 Å². The maximum atomic E-state index is 11.3. The van der Waals surface area contributed by atoms with Crippen molar-refractivity contribution in [2.45, 2.75) is 89.6 Å². The van der Waals surface area contributed by atoms with Crippen molar-refractivity contribution < 1.29 is 47.6 Å². The number of carbonyl (C=O) groups excluding carboxylic acids is 4. The first-order valence-electron chi connectivity index (χ1n) is 20.4. The van der Waals surface area contributed by atoms with Crippen LogP contribution in [0.2, 0.25) is 0 Å². The summed E-state index contributed by atoms with van der Waals surface area (Å²) in [5.41, 5.74) is 12.5. The van der Waals surface area contributed by atoms with Crippen LogP contribution in [0.15, 0.2) is 72.8 Å². The zero-order valence-corrected chi connectivity index (χ0v) is 33.3. The topological polar surface area (TPSA) is 124 Å². The molecule has 8 unspecified atom stereocenters. The number of rotatable bonds is 2. The van der Waals surface area contributed by atoms with E-state index in [1.54, 1.807) is 14.2 Å². The van der Waals surface area contributed by atoms with Gasteiger partial charge in [0.15, 0.2) is 0 Å². The smallest absolute Gasteiger partial charge is 0.306 e. The number of fused-ring (bicyclic) bond motifs is 12. The summed E-state index contributed by atoms with van der Waals surface area (Å²) in [5.74, 6) is 2.91. The molecular formula is C48H48O10. The third kappa shape index (κ3) is 6.80. The van der Waals surface area contributed by atoms with Crippen molar-refractivity contribution in [3.8, 4) is 11.5 Å². The van der Waals surface area contributed by atoms with Crippen LogP contribution in [0.4, 0.5) is 0 Å². The zero-order valence-electron chi connectivity index (χ0n) is 33.3. The van der Waals surface area contributed by atoms with Crippen molar-refractivity contribution in [1.29, 1.82) is 0 Å². The van der Waals surface area contributed by atoms with Crippen molar-refractivity contribution in [3.05, 3.63) is 128 Å². The summed E-state index contributed by atoms with van der Waals surface area (Å²) in [6, 6.07) is 24.6. The molecule has 0 amide bonds. The lowest BCUT2D eigenvalue weighted by atomic mass is 10.0. The molecule has 0 radical (unpaired) electrons. The van der Waals surface area contributed by atoms with Gasteiger partial charge in [-0.25, -0.2) is 0 Å². The molecule has 4 saturated heterocycles. The molecule has 4 heterocycles. The van der Waals surface area contributed by atoms with E-state index in [2.05, 4.69) is 56.3 Å². The third-order valence-electron chi connectivity index (χ3n) is 13.2. The van der Waals surface area contributed by atoms with E-state index in [1.165, 1.54) is 44.5 Å². The molecule has 10 nitrogen and oxygen atoms in total. The van der Waals surface area contributed by atoms with Gasteiger partial charge in [0, 0.05) is 34.8 Å². The SMILES string of the molecule is COc1ccc(C)c2c1C1OC(=O)CC1C2.COc1cccc2c1C1OC(=O)CC1C2.Cc1cccc2c1C1OC(=O)CC1C2.O=C1CC2Cc3ccccc3C2O1. The van der Waals surface area contributed by atoms with Gasteiger partial charge in [-0.05, 0) is 96.2 Å². The van der Waals surface area contributed by atoms with Gasteiger partial charge in [-0.2, -0.15) is 0 Å². The van der Waals surface area contributed by atoms with E-state index < -0.39 is 0 Å². The molecule has 12 rings (SSSR count). The number of benzene rings is 4. The molecule has 8 atom stereocenters. The molecule has 4 aliphatic heterocycles. The maximum Gasteiger partial charge on any atom is 0.306 e. The van der Waals surface area contributed by atoms with Crippen LogP contribution in [0.5, 0.6) is 11.5 Å². The van der Waals surface area contributed by atoms with E-state index in [9.17, 15) is 19.2 Å². The van der Waals surface area contributed by atoms with Gasteiger partial charge in [-0.3, -0.25) is 19.2 Å². The average molecular weight is 785 g/mol. The minimum absolute atomic E-state index is 0.0334. The van der Waals surface area contributed by atoms with Gasteiger partial charge < -0.3 is 28.4 Å². The van der Waals surface area contributed by atoms with Gasteiger partial charge in [-0.15, -0.1) is 0 Å². The summed E-state index contributed by atoms with van der Waals surface area (Å²) < 4.78 is 32.0. The number of aryl methyl sites for hydroxylation is 2. The molecule has 4 aromatic rings. The summed E-state index contributed by atoms with van der Waals surface area (Å²) in [6.07, 6.45) is 6.14. The van der Waals surface area contributed by atoms with Crippen LogP contribution >= 0.6 is 0 Å². The van der Waals surface area contributed by atoms with E-state index in [0.29, 0.717) is 49.4 Å². The van der Waals surface area contributed by atoms with Crippen LogP contribution in [0.3, 0.4) is 0 Å². The Balaban J connectivity index is 0.000000100. The molecule has 10 heteroatoms. The Bertz CT molecular complexity index is 2310. The summed E-state index contributed by atoms with van der Waals surface area (Å²) in [5, 5.41) is 0. The van der Waals surface area contributed by atoms with Gasteiger partial charge in [-0.1, -0.05) is 60.7 Å². The molecule has 58 heavy (non-hydrogen) atoms. The van der Waals surface area contributed by atoms with Crippen LogP contribution in [-0.2, 0) is 63.8 Å². The predicted octanol–water partition coefficient (Wildman–Crippen LogP) is 8.02.